The van der Waals surface area contributed by atoms with Crippen LogP contribution in [-0.2, 0) is 16.0 Å². The van der Waals surface area contributed by atoms with Gasteiger partial charge in [0.25, 0.3) is 5.91 Å². The summed E-state index contributed by atoms with van der Waals surface area (Å²) >= 11 is 1.70. The van der Waals surface area contributed by atoms with Crippen molar-refractivity contribution in [1.82, 2.24) is 19.8 Å². The smallest absolute Gasteiger partial charge is 0.326 e. The van der Waals surface area contributed by atoms with Crippen LogP contribution in [0.2, 0.25) is 0 Å². The Morgan fingerprint density at radius 1 is 1.24 bits per heavy atom. The lowest BCUT2D eigenvalue weighted by molar-refractivity contribution is -0.147. The second kappa shape index (κ2) is 10.4. The lowest BCUT2D eigenvalue weighted by Gasteiger charge is -2.21. The normalized spacial score (nSPS) is 15.9. The number of carbonyl (C=O) groups excluding carboxylic acids is 2. The van der Waals surface area contributed by atoms with Crippen LogP contribution in [0, 0.1) is 0 Å². The minimum absolute atomic E-state index is 0.230. The fourth-order valence-corrected chi connectivity index (χ4v) is 5.43. The average molecular weight is 483 g/mol. The number of thiophene rings is 1. The average Bonchev–Trinajstić information content (AvgIpc) is 3.58. The molecule has 9 heteroatoms. The minimum Gasteiger partial charge on any atom is -0.480 e. The van der Waals surface area contributed by atoms with Gasteiger partial charge >= 0.3 is 5.97 Å². The molecule has 2 amide bonds. The maximum atomic E-state index is 12.8. The van der Waals surface area contributed by atoms with Crippen molar-refractivity contribution in [3.8, 4) is 0 Å². The van der Waals surface area contributed by atoms with E-state index in [9.17, 15) is 19.5 Å². The number of hydrogen-bond acceptors (Lipinski definition) is 5. The van der Waals surface area contributed by atoms with Gasteiger partial charge in [0.05, 0.1) is 17.6 Å². The summed E-state index contributed by atoms with van der Waals surface area (Å²) in [5.74, 6) is -0.782. The first-order valence-electron chi connectivity index (χ1n) is 11.8. The third kappa shape index (κ3) is 4.84. The first-order chi connectivity index (χ1) is 16.4. The number of aliphatic carboxylic acids is 1. The van der Waals surface area contributed by atoms with Crippen LogP contribution in [0.5, 0.6) is 0 Å². The van der Waals surface area contributed by atoms with E-state index < -0.39 is 12.0 Å². The van der Waals surface area contributed by atoms with Crippen molar-refractivity contribution in [2.45, 2.75) is 58.0 Å². The molecule has 1 unspecified atom stereocenters. The number of likely N-dealkylation sites (tertiary alicyclic amines) is 1. The fraction of sp³-hybridized carbons (Fsp3) is 0.440. The third-order valence-electron chi connectivity index (χ3n) is 6.50. The zero-order chi connectivity index (χ0) is 24.2. The summed E-state index contributed by atoms with van der Waals surface area (Å²) in [4.78, 5) is 44.1. The summed E-state index contributed by atoms with van der Waals surface area (Å²) in [6, 6.07) is 9.10. The van der Waals surface area contributed by atoms with Gasteiger partial charge < -0.3 is 19.9 Å². The molecule has 3 aromatic rings. The summed E-state index contributed by atoms with van der Waals surface area (Å²) in [7, 11) is 0. The molecule has 1 atom stereocenters. The molecular formula is C25H30N4O4S. The molecule has 0 saturated carbocycles. The number of carboxylic acids is 1. The molecule has 34 heavy (non-hydrogen) atoms. The van der Waals surface area contributed by atoms with Crippen molar-refractivity contribution in [1.29, 1.82) is 0 Å². The van der Waals surface area contributed by atoms with Gasteiger partial charge in [-0.25, -0.2) is 9.78 Å². The van der Waals surface area contributed by atoms with Gasteiger partial charge in [-0.1, -0.05) is 19.9 Å². The molecule has 1 fully saturated rings. The van der Waals surface area contributed by atoms with E-state index in [0.717, 1.165) is 36.1 Å². The van der Waals surface area contributed by atoms with Gasteiger partial charge in [0.1, 0.15) is 11.9 Å². The predicted octanol–water partition coefficient (Wildman–Crippen LogP) is 3.86. The maximum absolute atomic E-state index is 12.8. The Kier molecular flexibility index (Phi) is 7.31. The molecule has 4 rings (SSSR count). The van der Waals surface area contributed by atoms with E-state index in [0.29, 0.717) is 31.0 Å². The van der Waals surface area contributed by atoms with E-state index in [1.807, 2.05) is 12.1 Å². The second-order valence-corrected chi connectivity index (χ2v) is 9.63. The van der Waals surface area contributed by atoms with Crippen LogP contribution in [0.25, 0.3) is 11.0 Å². The molecule has 0 bridgehead atoms. The number of imidazole rings is 1. The number of nitrogens with zero attached hydrogens (tertiary/aromatic N) is 3. The van der Waals surface area contributed by atoms with Crippen molar-refractivity contribution in [2.24, 2.45) is 0 Å². The molecule has 1 saturated heterocycles. The van der Waals surface area contributed by atoms with E-state index in [1.54, 1.807) is 23.5 Å². The van der Waals surface area contributed by atoms with E-state index >= 15 is 0 Å². The number of amides is 2. The zero-order valence-corrected chi connectivity index (χ0v) is 20.3. The maximum Gasteiger partial charge on any atom is 0.326 e. The van der Waals surface area contributed by atoms with Crippen LogP contribution in [0.1, 0.15) is 66.6 Å². The largest absolute Gasteiger partial charge is 0.480 e. The molecule has 180 valence electrons. The Hall–Kier alpha value is -3.20. The first-order valence-corrected chi connectivity index (χ1v) is 12.6. The molecule has 1 aromatic carbocycles. The van der Waals surface area contributed by atoms with Crippen LogP contribution >= 0.6 is 11.3 Å². The van der Waals surface area contributed by atoms with Crippen molar-refractivity contribution in [3.63, 3.8) is 0 Å². The molecule has 3 heterocycles. The summed E-state index contributed by atoms with van der Waals surface area (Å²) in [5.41, 5.74) is 2.17. The Morgan fingerprint density at radius 3 is 2.71 bits per heavy atom. The molecule has 2 N–H and O–H groups in total. The standard InChI is InChI=1S/C25H30N4O4S/c1-3-17(4-2)29-20-10-9-16(13-19(20)27-22(29)14-18-7-6-12-34-18)24(31)26-15-23(30)28-11-5-8-21(28)25(32)33/h6-7,9-10,12-13,17,21H,3-5,8,11,14-15H2,1-2H3,(H,26,31)(H,32,33). The zero-order valence-electron chi connectivity index (χ0n) is 19.5. The quantitative estimate of drug-likeness (QED) is 0.482. The van der Waals surface area contributed by atoms with Gasteiger partial charge in [-0.15, -0.1) is 11.3 Å². The van der Waals surface area contributed by atoms with Gasteiger partial charge in [0.2, 0.25) is 5.91 Å². The lowest BCUT2D eigenvalue weighted by atomic mass is 10.1. The Morgan fingerprint density at radius 2 is 2.03 bits per heavy atom. The minimum atomic E-state index is -1.01. The number of carboxylic acid groups (broad SMARTS) is 1. The van der Waals surface area contributed by atoms with Crippen molar-refractivity contribution in [3.05, 3.63) is 52.0 Å². The van der Waals surface area contributed by atoms with E-state index in [4.69, 9.17) is 4.98 Å². The van der Waals surface area contributed by atoms with Crippen molar-refractivity contribution in [2.75, 3.05) is 13.1 Å². The van der Waals surface area contributed by atoms with Crippen LogP contribution in [0.15, 0.2) is 35.7 Å². The van der Waals surface area contributed by atoms with Crippen LogP contribution < -0.4 is 5.32 Å². The number of aromatic nitrogens is 2. The Bertz CT molecular complexity index is 1180. The number of hydrogen-bond donors (Lipinski definition) is 2. The van der Waals surface area contributed by atoms with Crippen molar-refractivity contribution >= 4 is 40.2 Å². The highest BCUT2D eigenvalue weighted by Gasteiger charge is 2.33. The summed E-state index contributed by atoms with van der Waals surface area (Å²) in [5, 5.41) is 14.0. The molecule has 0 spiro atoms. The predicted molar refractivity (Wildman–Crippen MR) is 131 cm³/mol. The molecule has 2 aromatic heterocycles. The highest BCUT2D eigenvalue weighted by molar-refractivity contribution is 7.09. The second-order valence-electron chi connectivity index (χ2n) is 8.59. The molecule has 8 nitrogen and oxygen atoms in total. The number of carbonyl (C=O) groups is 3. The summed E-state index contributed by atoms with van der Waals surface area (Å²) in [6.07, 6.45) is 3.80. The number of nitrogens with one attached hydrogen (secondary N) is 1. The van der Waals surface area contributed by atoms with Gasteiger partial charge in [-0.05, 0) is 55.3 Å². The highest BCUT2D eigenvalue weighted by atomic mass is 32.1. The molecule has 0 aliphatic carbocycles. The van der Waals surface area contributed by atoms with Gasteiger partial charge in [-0.3, -0.25) is 9.59 Å². The van der Waals surface area contributed by atoms with Crippen molar-refractivity contribution < 1.29 is 19.5 Å². The van der Waals surface area contributed by atoms with E-state index in [-0.39, 0.29) is 18.4 Å². The number of benzene rings is 1. The fourth-order valence-electron chi connectivity index (χ4n) is 4.73. The van der Waals surface area contributed by atoms with Gasteiger partial charge in [0.15, 0.2) is 0 Å². The van der Waals surface area contributed by atoms with Crippen LogP contribution in [-0.4, -0.2) is 56.5 Å². The summed E-state index contributed by atoms with van der Waals surface area (Å²) in [6.45, 7) is 4.51. The number of fused-ring (bicyclic) bond motifs is 1. The third-order valence-corrected chi connectivity index (χ3v) is 7.38. The Labute approximate surface area is 202 Å². The lowest BCUT2D eigenvalue weighted by Crippen LogP contribution is -2.45. The molecule has 0 radical (unpaired) electrons. The van der Waals surface area contributed by atoms with Gasteiger partial charge in [-0.2, -0.15) is 0 Å². The Balaban J connectivity index is 1.53. The van der Waals surface area contributed by atoms with Crippen LogP contribution in [0.4, 0.5) is 0 Å². The summed E-state index contributed by atoms with van der Waals surface area (Å²) < 4.78 is 2.29. The highest BCUT2D eigenvalue weighted by Crippen LogP contribution is 2.28. The SMILES string of the molecule is CCC(CC)n1c(Cc2cccs2)nc2cc(C(=O)NCC(=O)N3CCCC3C(=O)O)ccc21. The molecule has 1 aliphatic heterocycles. The monoisotopic (exact) mass is 482 g/mol. The first kappa shape index (κ1) is 23.9. The van der Waals surface area contributed by atoms with E-state index in [2.05, 4.69) is 35.2 Å². The topological polar surface area (TPSA) is 105 Å². The van der Waals surface area contributed by atoms with E-state index in [1.165, 1.54) is 9.78 Å². The number of rotatable bonds is 9. The molecular weight excluding hydrogens is 452 g/mol. The van der Waals surface area contributed by atoms with Crippen LogP contribution in [0.3, 0.4) is 0 Å². The molecule has 1 aliphatic rings. The van der Waals surface area contributed by atoms with Gasteiger partial charge in [0, 0.05) is 29.4 Å².